The average molecular weight is 248 g/mol. The summed E-state index contributed by atoms with van der Waals surface area (Å²) in [6.07, 6.45) is 0. The quantitative estimate of drug-likeness (QED) is 0.798. The molecule has 0 aliphatic carbocycles. The van der Waals surface area contributed by atoms with E-state index in [9.17, 15) is 10.2 Å². The molecule has 0 saturated carbocycles. The molecular formula is C12H16N4O2. The third kappa shape index (κ3) is 2.22. The fraction of sp³-hybridized carbons (Fsp3) is 0.333. The standard InChI is InChI=1S/C12H16N4O2/c1-8-13-14-12(16(8)3)15(2)7-9-4-5-10(17)11(18)6-9/h4-6,17-18H,7H2,1-3H3. The van der Waals surface area contributed by atoms with Gasteiger partial charge in [-0.2, -0.15) is 0 Å². The van der Waals surface area contributed by atoms with Crippen LogP contribution in [-0.2, 0) is 13.6 Å². The summed E-state index contributed by atoms with van der Waals surface area (Å²) in [5, 5.41) is 26.8. The number of anilines is 1. The van der Waals surface area contributed by atoms with Crippen molar-refractivity contribution < 1.29 is 10.2 Å². The largest absolute Gasteiger partial charge is 0.504 e. The number of aromatic nitrogens is 3. The number of aromatic hydroxyl groups is 2. The predicted octanol–water partition coefficient (Wildman–Crippen LogP) is 1.17. The normalized spacial score (nSPS) is 10.6. The lowest BCUT2D eigenvalue weighted by molar-refractivity contribution is 0.403. The highest BCUT2D eigenvalue weighted by Crippen LogP contribution is 2.25. The van der Waals surface area contributed by atoms with Gasteiger partial charge in [-0.15, -0.1) is 10.2 Å². The molecule has 0 fully saturated rings. The van der Waals surface area contributed by atoms with Crippen molar-refractivity contribution in [2.75, 3.05) is 11.9 Å². The fourth-order valence-electron chi connectivity index (χ4n) is 1.74. The summed E-state index contributed by atoms with van der Waals surface area (Å²) in [4.78, 5) is 1.92. The van der Waals surface area contributed by atoms with Crippen LogP contribution in [0.5, 0.6) is 11.5 Å². The summed E-state index contributed by atoms with van der Waals surface area (Å²) in [7, 11) is 3.79. The summed E-state index contributed by atoms with van der Waals surface area (Å²) in [5.74, 6) is 1.36. The molecule has 2 rings (SSSR count). The monoisotopic (exact) mass is 248 g/mol. The van der Waals surface area contributed by atoms with Gasteiger partial charge in [-0.1, -0.05) is 6.07 Å². The van der Waals surface area contributed by atoms with E-state index < -0.39 is 0 Å². The van der Waals surface area contributed by atoms with Crippen LogP contribution in [0.1, 0.15) is 11.4 Å². The summed E-state index contributed by atoms with van der Waals surface area (Å²) in [5.41, 5.74) is 0.883. The molecule has 0 radical (unpaired) electrons. The summed E-state index contributed by atoms with van der Waals surface area (Å²) < 4.78 is 1.89. The maximum atomic E-state index is 9.44. The molecule has 0 unspecified atom stereocenters. The van der Waals surface area contributed by atoms with E-state index in [0.717, 1.165) is 17.3 Å². The van der Waals surface area contributed by atoms with Gasteiger partial charge in [0.15, 0.2) is 11.5 Å². The fourth-order valence-corrected chi connectivity index (χ4v) is 1.74. The molecule has 6 heteroatoms. The Kier molecular flexibility index (Phi) is 3.10. The number of hydrogen-bond acceptors (Lipinski definition) is 5. The van der Waals surface area contributed by atoms with Crippen molar-refractivity contribution in [3.05, 3.63) is 29.6 Å². The van der Waals surface area contributed by atoms with E-state index >= 15 is 0 Å². The van der Waals surface area contributed by atoms with Gasteiger partial charge in [-0.3, -0.25) is 0 Å². The smallest absolute Gasteiger partial charge is 0.227 e. The van der Waals surface area contributed by atoms with E-state index in [-0.39, 0.29) is 11.5 Å². The minimum absolute atomic E-state index is 0.115. The second kappa shape index (κ2) is 4.56. The molecule has 0 saturated heterocycles. The number of rotatable bonds is 3. The molecule has 6 nitrogen and oxygen atoms in total. The lowest BCUT2D eigenvalue weighted by atomic mass is 10.2. The molecule has 1 aromatic carbocycles. The van der Waals surface area contributed by atoms with Crippen molar-refractivity contribution in [1.82, 2.24) is 14.8 Å². The van der Waals surface area contributed by atoms with E-state index in [1.54, 1.807) is 6.07 Å². The third-order valence-electron chi connectivity index (χ3n) is 2.87. The van der Waals surface area contributed by atoms with Crippen molar-refractivity contribution in [2.24, 2.45) is 7.05 Å². The van der Waals surface area contributed by atoms with E-state index in [1.807, 2.05) is 30.5 Å². The zero-order chi connectivity index (χ0) is 13.3. The third-order valence-corrected chi connectivity index (χ3v) is 2.87. The molecule has 0 amide bonds. The van der Waals surface area contributed by atoms with Crippen LogP contribution in [0.2, 0.25) is 0 Å². The Morgan fingerprint density at radius 2 is 1.94 bits per heavy atom. The van der Waals surface area contributed by atoms with Gasteiger partial charge in [-0.25, -0.2) is 0 Å². The Labute approximate surface area is 105 Å². The summed E-state index contributed by atoms with van der Waals surface area (Å²) in [6, 6.07) is 4.77. The number of aryl methyl sites for hydroxylation is 1. The molecule has 1 heterocycles. The average Bonchev–Trinajstić information content (AvgIpc) is 2.65. The minimum Gasteiger partial charge on any atom is -0.504 e. The van der Waals surface area contributed by atoms with Crippen LogP contribution in [0.4, 0.5) is 5.95 Å². The Hall–Kier alpha value is -2.24. The summed E-state index contributed by atoms with van der Waals surface area (Å²) >= 11 is 0. The zero-order valence-corrected chi connectivity index (χ0v) is 10.6. The van der Waals surface area contributed by atoms with E-state index in [2.05, 4.69) is 10.2 Å². The van der Waals surface area contributed by atoms with Crippen molar-refractivity contribution in [3.63, 3.8) is 0 Å². The van der Waals surface area contributed by atoms with Gasteiger partial charge < -0.3 is 19.7 Å². The number of nitrogens with zero attached hydrogens (tertiary/aromatic N) is 4. The van der Waals surface area contributed by atoms with Crippen LogP contribution in [0, 0.1) is 6.92 Å². The maximum Gasteiger partial charge on any atom is 0.227 e. The molecule has 1 aromatic heterocycles. The predicted molar refractivity (Wildman–Crippen MR) is 67.6 cm³/mol. The van der Waals surface area contributed by atoms with Crippen molar-refractivity contribution in [2.45, 2.75) is 13.5 Å². The SMILES string of the molecule is Cc1nnc(N(C)Cc2ccc(O)c(O)c2)n1C. The van der Waals surface area contributed by atoms with Crippen molar-refractivity contribution in [1.29, 1.82) is 0 Å². The van der Waals surface area contributed by atoms with Gasteiger partial charge in [0, 0.05) is 20.6 Å². The number of phenolic OH excluding ortho intramolecular Hbond substituents is 2. The summed E-state index contributed by atoms with van der Waals surface area (Å²) in [6.45, 7) is 2.45. The van der Waals surface area contributed by atoms with Gasteiger partial charge in [0.05, 0.1) is 0 Å². The highest BCUT2D eigenvalue weighted by molar-refractivity contribution is 5.42. The second-order valence-corrected chi connectivity index (χ2v) is 4.29. The second-order valence-electron chi connectivity index (χ2n) is 4.29. The van der Waals surface area contributed by atoms with Crippen LogP contribution in [0.3, 0.4) is 0 Å². The van der Waals surface area contributed by atoms with Crippen molar-refractivity contribution in [3.8, 4) is 11.5 Å². The van der Waals surface area contributed by atoms with E-state index in [1.165, 1.54) is 12.1 Å². The molecule has 0 aliphatic rings. The Morgan fingerprint density at radius 3 is 2.50 bits per heavy atom. The Balaban J connectivity index is 2.18. The molecule has 2 N–H and O–H groups in total. The van der Waals surface area contributed by atoms with Crippen LogP contribution in [-0.4, -0.2) is 32.0 Å². The number of benzene rings is 1. The first-order chi connectivity index (χ1) is 8.49. The molecule has 0 atom stereocenters. The number of phenols is 2. The van der Waals surface area contributed by atoms with Crippen LogP contribution >= 0.6 is 0 Å². The molecular weight excluding hydrogens is 232 g/mol. The first-order valence-corrected chi connectivity index (χ1v) is 5.57. The topological polar surface area (TPSA) is 74.4 Å². The number of hydrogen-bond donors (Lipinski definition) is 2. The van der Waals surface area contributed by atoms with E-state index in [4.69, 9.17) is 0 Å². The van der Waals surface area contributed by atoms with Crippen molar-refractivity contribution >= 4 is 5.95 Å². The van der Waals surface area contributed by atoms with Gasteiger partial charge in [-0.05, 0) is 24.6 Å². The van der Waals surface area contributed by atoms with Gasteiger partial charge in [0.1, 0.15) is 5.82 Å². The minimum atomic E-state index is -0.116. The molecule has 18 heavy (non-hydrogen) atoms. The Morgan fingerprint density at radius 1 is 1.22 bits per heavy atom. The maximum absolute atomic E-state index is 9.44. The molecule has 0 bridgehead atoms. The highest BCUT2D eigenvalue weighted by Gasteiger charge is 2.11. The van der Waals surface area contributed by atoms with Crippen LogP contribution in [0.15, 0.2) is 18.2 Å². The lowest BCUT2D eigenvalue weighted by Crippen LogP contribution is -2.20. The first kappa shape index (κ1) is 12.2. The first-order valence-electron chi connectivity index (χ1n) is 5.57. The van der Waals surface area contributed by atoms with E-state index in [0.29, 0.717) is 6.54 Å². The van der Waals surface area contributed by atoms with Gasteiger partial charge in [0.25, 0.3) is 0 Å². The van der Waals surface area contributed by atoms with Gasteiger partial charge >= 0.3 is 0 Å². The molecule has 2 aromatic rings. The van der Waals surface area contributed by atoms with Crippen LogP contribution in [0.25, 0.3) is 0 Å². The molecule has 96 valence electrons. The molecule has 0 spiro atoms. The van der Waals surface area contributed by atoms with Crippen LogP contribution < -0.4 is 4.90 Å². The lowest BCUT2D eigenvalue weighted by Gasteiger charge is -2.17. The van der Waals surface area contributed by atoms with Gasteiger partial charge in [0.2, 0.25) is 5.95 Å². The highest BCUT2D eigenvalue weighted by atomic mass is 16.3. The zero-order valence-electron chi connectivity index (χ0n) is 10.6. The Bertz CT molecular complexity index is 565. The molecule has 0 aliphatic heterocycles.